The zero-order valence-corrected chi connectivity index (χ0v) is 16.6. The monoisotopic (exact) mass is 382 g/mol. The summed E-state index contributed by atoms with van der Waals surface area (Å²) in [5, 5.41) is 14.7. The average molecular weight is 382 g/mol. The van der Waals surface area contributed by atoms with E-state index in [1.807, 2.05) is 64.1 Å². The van der Waals surface area contributed by atoms with Gasteiger partial charge in [-0.3, -0.25) is 5.32 Å². The molecule has 0 aliphatic rings. The molecule has 0 spiro atoms. The number of amides is 2. The molecule has 1 aromatic heterocycles. The minimum Gasteiger partial charge on any atom is -0.486 e. The van der Waals surface area contributed by atoms with Gasteiger partial charge in [0.25, 0.3) is 0 Å². The Labute approximate surface area is 162 Å². The van der Waals surface area contributed by atoms with E-state index in [-0.39, 0.29) is 6.03 Å². The van der Waals surface area contributed by atoms with Crippen LogP contribution in [0, 0.1) is 27.7 Å². The van der Waals surface area contributed by atoms with Crippen molar-refractivity contribution in [3.8, 4) is 5.75 Å². The summed E-state index contributed by atoms with van der Waals surface area (Å²) in [6.07, 6.45) is 0. The molecule has 3 aromatic rings. The molecule has 0 radical (unpaired) electrons. The van der Waals surface area contributed by atoms with Crippen LogP contribution in [-0.2, 0) is 6.61 Å². The molecule has 3 rings (SSSR count). The lowest BCUT2D eigenvalue weighted by atomic mass is 10.1. The van der Waals surface area contributed by atoms with Gasteiger partial charge in [-0.1, -0.05) is 29.5 Å². The first-order chi connectivity index (χ1) is 12.9. The van der Waals surface area contributed by atoms with E-state index < -0.39 is 0 Å². The van der Waals surface area contributed by atoms with Crippen molar-refractivity contribution in [2.45, 2.75) is 34.3 Å². The maximum absolute atomic E-state index is 12.1. The van der Waals surface area contributed by atoms with Crippen molar-refractivity contribution in [2.24, 2.45) is 0 Å². The molecule has 140 valence electrons. The summed E-state index contributed by atoms with van der Waals surface area (Å²) in [7, 11) is 0. The van der Waals surface area contributed by atoms with Crippen LogP contribution < -0.4 is 15.4 Å². The first kappa shape index (κ1) is 18.8. The number of hydrogen-bond acceptors (Lipinski definition) is 5. The van der Waals surface area contributed by atoms with Crippen LogP contribution in [0.25, 0.3) is 0 Å². The number of aryl methyl sites for hydroxylation is 3. The summed E-state index contributed by atoms with van der Waals surface area (Å²) in [6.45, 7) is 8.41. The fourth-order valence-electron chi connectivity index (χ4n) is 2.46. The number of rotatable bonds is 5. The van der Waals surface area contributed by atoms with Gasteiger partial charge < -0.3 is 10.1 Å². The number of anilines is 2. The molecular formula is C20H22N4O2S. The Morgan fingerprint density at radius 1 is 1.00 bits per heavy atom. The molecule has 6 nitrogen and oxygen atoms in total. The van der Waals surface area contributed by atoms with Crippen molar-refractivity contribution in [3.05, 3.63) is 63.7 Å². The van der Waals surface area contributed by atoms with E-state index in [0.29, 0.717) is 16.7 Å². The van der Waals surface area contributed by atoms with E-state index in [0.717, 1.165) is 22.6 Å². The summed E-state index contributed by atoms with van der Waals surface area (Å²) in [4.78, 5) is 12.1. The highest BCUT2D eigenvalue weighted by Gasteiger charge is 2.10. The summed E-state index contributed by atoms with van der Waals surface area (Å²) in [5.74, 6) is 0.826. The van der Waals surface area contributed by atoms with Crippen LogP contribution in [0.3, 0.4) is 0 Å². The van der Waals surface area contributed by atoms with E-state index >= 15 is 0 Å². The third kappa shape index (κ3) is 4.83. The number of hydrogen-bond donors (Lipinski definition) is 2. The third-order valence-corrected chi connectivity index (χ3v) is 5.17. The Bertz CT molecular complexity index is 968. The Morgan fingerprint density at radius 3 is 2.59 bits per heavy atom. The predicted octanol–water partition coefficient (Wildman–Crippen LogP) is 4.99. The van der Waals surface area contributed by atoms with E-state index in [2.05, 4.69) is 20.8 Å². The normalized spacial score (nSPS) is 10.5. The van der Waals surface area contributed by atoms with Gasteiger partial charge in [-0.15, -0.1) is 10.2 Å². The molecule has 0 fully saturated rings. The van der Waals surface area contributed by atoms with Crippen molar-refractivity contribution < 1.29 is 9.53 Å². The SMILES string of the molecule is Cc1ccc(NC(=O)Nc2nnc(COc3cccc(C)c3C)s2)cc1C. The van der Waals surface area contributed by atoms with Crippen molar-refractivity contribution >= 4 is 28.2 Å². The van der Waals surface area contributed by atoms with Gasteiger partial charge in [-0.2, -0.15) is 0 Å². The number of carbonyl (C=O) groups excluding carboxylic acids is 1. The molecule has 0 bridgehead atoms. The van der Waals surface area contributed by atoms with Crippen molar-refractivity contribution in [1.29, 1.82) is 0 Å². The number of carbonyl (C=O) groups is 1. The number of urea groups is 1. The van der Waals surface area contributed by atoms with Crippen molar-refractivity contribution in [1.82, 2.24) is 10.2 Å². The van der Waals surface area contributed by atoms with Crippen molar-refractivity contribution in [2.75, 3.05) is 10.6 Å². The molecule has 0 unspecified atom stereocenters. The largest absolute Gasteiger partial charge is 0.486 e. The summed E-state index contributed by atoms with van der Waals surface area (Å²) in [5.41, 5.74) is 5.31. The second kappa shape index (κ2) is 8.18. The molecular weight excluding hydrogens is 360 g/mol. The third-order valence-electron chi connectivity index (χ3n) is 4.36. The zero-order valence-electron chi connectivity index (χ0n) is 15.8. The molecule has 27 heavy (non-hydrogen) atoms. The second-order valence-electron chi connectivity index (χ2n) is 6.37. The van der Waals surface area contributed by atoms with Gasteiger partial charge in [-0.05, 0) is 68.1 Å². The number of benzene rings is 2. The van der Waals surface area contributed by atoms with Crippen molar-refractivity contribution in [3.63, 3.8) is 0 Å². The van der Waals surface area contributed by atoms with Crippen LogP contribution in [0.15, 0.2) is 36.4 Å². The van der Waals surface area contributed by atoms with Gasteiger partial charge in [0.2, 0.25) is 5.13 Å². The van der Waals surface area contributed by atoms with Gasteiger partial charge in [0.1, 0.15) is 12.4 Å². The molecule has 1 heterocycles. The standard InChI is InChI=1S/C20H22N4O2S/c1-12-8-9-16(10-14(12)3)21-19(25)22-20-24-23-18(27-20)11-26-17-7-5-6-13(2)15(17)4/h5-10H,11H2,1-4H3,(H2,21,22,24,25). The lowest BCUT2D eigenvalue weighted by molar-refractivity contribution is 0.262. The Kier molecular flexibility index (Phi) is 5.71. The molecule has 2 amide bonds. The summed E-state index contributed by atoms with van der Waals surface area (Å²) < 4.78 is 5.82. The van der Waals surface area contributed by atoms with E-state index in [4.69, 9.17) is 4.74 Å². The highest BCUT2D eigenvalue weighted by atomic mass is 32.1. The lowest BCUT2D eigenvalue weighted by Gasteiger charge is -2.09. The van der Waals surface area contributed by atoms with E-state index in [1.54, 1.807) is 0 Å². The molecule has 0 aliphatic heterocycles. The van der Waals surface area contributed by atoms with Gasteiger partial charge in [0, 0.05) is 5.69 Å². The van der Waals surface area contributed by atoms with Gasteiger partial charge >= 0.3 is 6.03 Å². The van der Waals surface area contributed by atoms with Gasteiger partial charge in [0.15, 0.2) is 5.01 Å². The maximum Gasteiger partial charge on any atom is 0.325 e. The minimum absolute atomic E-state index is 0.308. The highest BCUT2D eigenvalue weighted by molar-refractivity contribution is 7.15. The van der Waals surface area contributed by atoms with Crippen LogP contribution in [0.5, 0.6) is 5.75 Å². The predicted molar refractivity (Wildman–Crippen MR) is 109 cm³/mol. The molecule has 0 atom stereocenters. The van der Waals surface area contributed by atoms with Crippen LogP contribution in [0.2, 0.25) is 0 Å². The fourth-order valence-corrected chi connectivity index (χ4v) is 3.11. The van der Waals surface area contributed by atoms with Crippen LogP contribution in [0.1, 0.15) is 27.3 Å². The molecule has 0 saturated carbocycles. The van der Waals surface area contributed by atoms with Gasteiger partial charge in [-0.25, -0.2) is 4.79 Å². The summed E-state index contributed by atoms with van der Waals surface area (Å²) in [6, 6.07) is 11.4. The van der Waals surface area contributed by atoms with Crippen LogP contribution in [0.4, 0.5) is 15.6 Å². The number of ether oxygens (including phenoxy) is 1. The average Bonchev–Trinajstić information content (AvgIpc) is 3.06. The molecule has 2 aromatic carbocycles. The number of nitrogens with one attached hydrogen (secondary N) is 2. The lowest BCUT2D eigenvalue weighted by Crippen LogP contribution is -2.19. The Hall–Kier alpha value is -2.93. The first-order valence-corrected chi connectivity index (χ1v) is 9.40. The summed E-state index contributed by atoms with van der Waals surface area (Å²) >= 11 is 1.29. The fraction of sp³-hybridized carbons (Fsp3) is 0.250. The Morgan fingerprint density at radius 2 is 1.81 bits per heavy atom. The maximum atomic E-state index is 12.1. The number of aromatic nitrogens is 2. The van der Waals surface area contributed by atoms with Gasteiger partial charge in [0.05, 0.1) is 0 Å². The zero-order chi connectivity index (χ0) is 19.4. The number of nitrogens with zero attached hydrogens (tertiary/aromatic N) is 2. The molecule has 2 N–H and O–H groups in total. The van der Waals surface area contributed by atoms with Crippen LogP contribution in [-0.4, -0.2) is 16.2 Å². The minimum atomic E-state index is -0.351. The highest BCUT2D eigenvalue weighted by Crippen LogP contribution is 2.23. The molecule has 0 aliphatic carbocycles. The molecule has 7 heteroatoms. The Balaban J connectivity index is 1.56. The second-order valence-corrected chi connectivity index (χ2v) is 7.43. The van der Waals surface area contributed by atoms with Crippen LogP contribution >= 0.6 is 11.3 Å². The quantitative estimate of drug-likeness (QED) is 0.651. The van der Waals surface area contributed by atoms with E-state index in [9.17, 15) is 4.79 Å². The van der Waals surface area contributed by atoms with E-state index in [1.165, 1.54) is 22.5 Å². The smallest absolute Gasteiger partial charge is 0.325 e. The topological polar surface area (TPSA) is 76.1 Å². The first-order valence-electron chi connectivity index (χ1n) is 8.59. The molecule has 0 saturated heterocycles.